The number of halogens is 5. The summed E-state index contributed by atoms with van der Waals surface area (Å²) in [7, 11) is 0. The minimum atomic E-state index is -4.39. The molecule has 0 spiro atoms. The lowest BCUT2D eigenvalue weighted by atomic mass is 10.2. The molecule has 0 bridgehead atoms. The van der Waals surface area contributed by atoms with Crippen molar-refractivity contribution < 1.29 is 22.0 Å². The Labute approximate surface area is 60.7 Å². The first-order chi connectivity index (χ1) is 4.83. The third kappa shape index (κ3) is 5.82. The van der Waals surface area contributed by atoms with Gasteiger partial charge >= 0.3 is 6.18 Å². The minimum Gasteiger partial charge on any atom is -0.205 e. The van der Waals surface area contributed by atoms with Gasteiger partial charge in [0.25, 0.3) is 6.43 Å². The summed E-state index contributed by atoms with van der Waals surface area (Å²) in [5.74, 6) is 0. The Bertz CT molecular complexity index is 144. The molecule has 0 nitrogen and oxygen atoms in total. The molecule has 5 heteroatoms. The number of rotatable bonds is 2. The molecule has 0 fully saturated rings. The molecule has 0 aliphatic heterocycles. The molecule has 0 aliphatic carbocycles. The van der Waals surface area contributed by atoms with Crippen LogP contribution in [-0.4, -0.2) is 12.6 Å². The summed E-state index contributed by atoms with van der Waals surface area (Å²) in [6, 6.07) is 0. The normalized spacial score (nSPS) is 14.3. The summed E-state index contributed by atoms with van der Waals surface area (Å²) in [6.07, 6.45) is -7.98. The summed E-state index contributed by atoms with van der Waals surface area (Å²) >= 11 is 0. The second kappa shape index (κ2) is 3.69. The van der Waals surface area contributed by atoms with Crippen LogP contribution in [0, 0.1) is 0 Å². The number of hydrogen-bond donors (Lipinski definition) is 0. The lowest BCUT2D eigenvalue weighted by molar-refractivity contribution is -0.125. The molecule has 0 radical (unpaired) electrons. The van der Waals surface area contributed by atoms with E-state index < -0.39 is 24.6 Å². The fourth-order valence-corrected chi connectivity index (χ4v) is 0.366. The first-order valence-corrected chi connectivity index (χ1v) is 2.84. The summed E-state index contributed by atoms with van der Waals surface area (Å²) < 4.78 is 57.3. The first-order valence-electron chi connectivity index (χ1n) is 2.84. The highest BCUT2D eigenvalue weighted by molar-refractivity contribution is 5.01. The Morgan fingerprint density at radius 3 is 2.09 bits per heavy atom. The highest BCUT2D eigenvalue weighted by atomic mass is 19.4. The van der Waals surface area contributed by atoms with Gasteiger partial charge in [0.05, 0.1) is 6.42 Å². The standard InChI is InChI=1S/C6H7F5/c1-4(5(7)8)2-3-6(9,10)11/h2,5H,3H2,1H3/b4-2+. The number of alkyl halides is 5. The summed E-state index contributed by atoms with van der Waals surface area (Å²) in [6.45, 7) is 0.969. The van der Waals surface area contributed by atoms with Crippen molar-refractivity contribution in [3.05, 3.63) is 11.6 Å². The van der Waals surface area contributed by atoms with Gasteiger partial charge < -0.3 is 0 Å². The van der Waals surface area contributed by atoms with Crippen molar-refractivity contribution in [3.63, 3.8) is 0 Å². The molecular weight excluding hydrogens is 167 g/mol. The van der Waals surface area contributed by atoms with E-state index in [1.54, 1.807) is 0 Å². The van der Waals surface area contributed by atoms with Gasteiger partial charge in [0, 0.05) is 0 Å². The molecular formula is C6H7F5. The van der Waals surface area contributed by atoms with E-state index in [9.17, 15) is 22.0 Å². The van der Waals surface area contributed by atoms with Gasteiger partial charge in [-0.1, -0.05) is 6.08 Å². The van der Waals surface area contributed by atoms with Crippen LogP contribution in [0.2, 0.25) is 0 Å². The van der Waals surface area contributed by atoms with E-state index >= 15 is 0 Å². The molecule has 0 aliphatic rings. The molecule has 0 saturated carbocycles. The van der Waals surface area contributed by atoms with Gasteiger partial charge in [-0.15, -0.1) is 0 Å². The van der Waals surface area contributed by atoms with E-state index in [1.807, 2.05) is 0 Å². The monoisotopic (exact) mass is 174 g/mol. The molecule has 0 N–H and O–H groups in total. The highest BCUT2D eigenvalue weighted by Gasteiger charge is 2.25. The molecule has 0 unspecified atom stereocenters. The first kappa shape index (κ1) is 10.4. The average Bonchev–Trinajstić information content (AvgIpc) is 1.80. The van der Waals surface area contributed by atoms with Crippen LogP contribution in [0.5, 0.6) is 0 Å². The van der Waals surface area contributed by atoms with Gasteiger partial charge in [-0.05, 0) is 12.5 Å². The van der Waals surface area contributed by atoms with Crippen molar-refractivity contribution >= 4 is 0 Å². The molecule has 11 heavy (non-hydrogen) atoms. The van der Waals surface area contributed by atoms with E-state index in [-0.39, 0.29) is 0 Å². The Kier molecular flexibility index (Phi) is 3.48. The maximum Gasteiger partial charge on any atom is 0.392 e. The zero-order chi connectivity index (χ0) is 9.07. The molecule has 0 atom stereocenters. The fraction of sp³-hybridized carbons (Fsp3) is 0.667. The Balaban J connectivity index is 3.93. The summed E-state index contributed by atoms with van der Waals surface area (Å²) in [5, 5.41) is 0. The van der Waals surface area contributed by atoms with E-state index in [0.717, 1.165) is 6.92 Å². The molecule has 0 aromatic rings. The Morgan fingerprint density at radius 1 is 1.36 bits per heavy atom. The SMILES string of the molecule is C/C(=C\CC(F)(F)F)C(F)F. The molecule has 0 aromatic heterocycles. The van der Waals surface area contributed by atoms with Crippen molar-refractivity contribution in [2.24, 2.45) is 0 Å². The lowest BCUT2D eigenvalue weighted by Crippen LogP contribution is -2.05. The predicted molar refractivity (Wildman–Crippen MR) is 30.4 cm³/mol. The lowest BCUT2D eigenvalue weighted by Gasteiger charge is -2.02. The van der Waals surface area contributed by atoms with Crippen molar-refractivity contribution in [3.8, 4) is 0 Å². The quantitative estimate of drug-likeness (QED) is 0.445. The maximum absolute atomic E-state index is 11.6. The van der Waals surface area contributed by atoms with Gasteiger partial charge in [0.15, 0.2) is 0 Å². The van der Waals surface area contributed by atoms with E-state index in [1.165, 1.54) is 0 Å². The maximum atomic E-state index is 11.6. The molecule has 0 amide bonds. The summed E-state index contributed by atoms with van der Waals surface area (Å²) in [4.78, 5) is 0. The Hall–Kier alpha value is -0.610. The topological polar surface area (TPSA) is 0 Å². The van der Waals surface area contributed by atoms with Crippen LogP contribution in [0.15, 0.2) is 11.6 Å². The van der Waals surface area contributed by atoms with E-state index in [4.69, 9.17) is 0 Å². The minimum absolute atomic E-state index is 0.491. The van der Waals surface area contributed by atoms with E-state index in [2.05, 4.69) is 0 Å². The predicted octanol–water partition coefficient (Wildman–Crippen LogP) is 3.15. The zero-order valence-electron chi connectivity index (χ0n) is 5.75. The van der Waals surface area contributed by atoms with Gasteiger partial charge in [0.1, 0.15) is 0 Å². The van der Waals surface area contributed by atoms with Crippen LogP contribution in [0.1, 0.15) is 13.3 Å². The van der Waals surface area contributed by atoms with Crippen molar-refractivity contribution in [1.29, 1.82) is 0 Å². The van der Waals surface area contributed by atoms with Gasteiger partial charge in [-0.3, -0.25) is 0 Å². The average molecular weight is 174 g/mol. The largest absolute Gasteiger partial charge is 0.392 e. The molecule has 0 rings (SSSR count). The molecule has 66 valence electrons. The molecule has 0 aromatic carbocycles. The number of allylic oxidation sites excluding steroid dienone is 2. The van der Waals surface area contributed by atoms with Crippen LogP contribution < -0.4 is 0 Å². The Morgan fingerprint density at radius 2 is 1.82 bits per heavy atom. The van der Waals surface area contributed by atoms with Crippen molar-refractivity contribution in [2.45, 2.75) is 25.9 Å². The third-order valence-corrected chi connectivity index (χ3v) is 1.000. The van der Waals surface area contributed by atoms with Gasteiger partial charge in [0.2, 0.25) is 0 Å². The second-order valence-electron chi connectivity index (χ2n) is 2.07. The van der Waals surface area contributed by atoms with Crippen molar-refractivity contribution in [1.82, 2.24) is 0 Å². The van der Waals surface area contributed by atoms with Crippen LogP contribution in [0.3, 0.4) is 0 Å². The van der Waals surface area contributed by atoms with Gasteiger partial charge in [-0.2, -0.15) is 13.2 Å². The van der Waals surface area contributed by atoms with Crippen LogP contribution in [0.25, 0.3) is 0 Å². The highest BCUT2D eigenvalue weighted by Crippen LogP contribution is 2.21. The van der Waals surface area contributed by atoms with Crippen LogP contribution in [-0.2, 0) is 0 Å². The smallest absolute Gasteiger partial charge is 0.205 e. The third-order valence-electron chi connectivity index (χ3n) is 1.000. The van der Waals surface area contributed by atoms with Crippen LogP contribution >= 0.6 is 0 Å². The molecule has 0 heterocycles. The molecule has 0 saturated heterocycles. The van der Waals surface area contributed by atoms with E-state index in [0.29, 0.717) is 6.08 Å². The van der Waals surface area contributed by atoms with Crippen molar-refractivity contribution in [2.75, 3.05) is 0 Å². The zero-order valence-corrected chi connectivity index (χ0v) is 5.75. The van der Waals surface area contributed by atoms with Gasteiger partial charge in [-0.25, -0.2) is 8.78 Å². The number of hydrogen-bond acceptors (Lipinski definition) is 0. The summed E-state index contributed by atoms with van der Waals surface area (Å²) in [5.41, 5.74) is -0.540. The second-order valence-corrected chi connectivity index (χ2v) is 2.07. The van der Waals surface area contributed by atoms with Crippen LogP contribution in [0.4, 0.5) is 22.0 Å². The fourth-order valence-electron chi connectivity index (χ4n) is 0.366.